The molecule has 0 aliphatic heterocycles. The quantitative estimate of drug-likeness (QED) is 0.350. The fourth-order valence-corrected chi connectivity index (χ4v) is 3.86. The normalized spacial score (nSPS) is 13.4. The van der Waals surface area contributed by atoms with Crippen molar-refractivity contribution in [1.29, 1.82) is 0 Å². The van der Waals surface area contributed by atoms with Gasteiger partial charge in [0.1, 0.15) is 11.9 Å². The van der Waals surface area contributed by atoms with Crippen molar-refractivity contribution in [2.75, 3.05) is 7.11 Å². The van der Waals surface area contributed by atoms with Crippen molar-refractivity contribution in [3.05, 3.63) is 80.9 Å². The van der Waals surface area contributed by atoms with Gasteiger partial charge in [0.25, 0.3) is 5.56 Å². The van der Waals surface area contributed by atoms with Crippen molar-refractivity contribution in [2.24, 2.45) is 0 Å². The molecule has 1 N–H and O–H groups in total. The minimum absolute atomic E-state index is 0.0569. The highest BCUT2D eigenvalue weighted by atomic mass is 35.5. The topological polar surface area (TPSA) is 90.7 Å². The van der Waals surface area contributed by atoms with Gasteiger partial charge >= 0.3 is 0 Å². The Hall–Kier alpha value is -3.07. The standard InChI is InChI=1S/C26H28ClFN2O5/c1-15(31)19-11-8-17(27)13-20(19)21-14-23(32)30(29-24(21)34-5)22(25(33)35-26(2,3)4)12-16-6-9-18(28)10-7-16/h6-11,13-14,22,25,33H,12H2,1-5H3. The molecule has 9 heteroatoms. The summed E-state index contributed by atoms with van der Waals surface area (Å²) in [5.74, 6) is -0.562. The number of carbonyl (C=O) groups excluding carboxylic acids is 1. The van der Waals surface area contributed by atoms with Crippen LogP contribution in [0.3, 0.4) is 0 Å². The zero-order valence-electron chi connectivity index (χ0n) is 20.2. The van der Waals surface area contributed by atoms with E-state index in [1.54, 1.807) is 51.1 Å². The number of rotatable bonds is 8. The Labute approximate surface area is 208 Å². The second-order valence-corrected chi connectivity index (χ2v) is 9.55. The number of aliphatic hydroxyl groups excluding tert-OH is 1. The van der Waals surface area contributed by atoms with Crippen molar-refractivity contribution in [2.45, 2.75) is 52.0 Å². The van der Waals surface area contributed by atoms with E-state index in [2.05, 4.69) is 5.10 Å². The van der Waals surface area contributed by atoms with Gasteiger partial charge in [-0.2, -0.15) is 0 Å². The van der Waals surface area contributed by atoms with Crippen LogP contribution >= 0.6 is 11.6 Å². The van der Waals surface area contributed by atoms with Crippen LogP contribution in [0.15, 0.2) is 53.3 Å². The summed E-state index contributed by atoms with van der Waals surface area (Å²) in [5, 5.41) is 15.7. The number of aromatic nitrogens is 2. The van der Waals surface area contributed by atoms with Crippen molar-refractivity contribution in [3.8, 4) is 17.0 Å². The molecule has 2 aromatic carbocycles. The number of halogens is 2. The maximum Gasteiger partial charge on any atom is 0.268 e. The van der Waals surface area contributed by atoms with Crippen LogP contribution < -0.4 is 10.3 Å². The second kappa shape index (κ2) is 10.7. The second-order valence-electron chi connectivity index (χ2n) is 9.11. The van der Waals surface area contributed by atoms with Crippen LogP contribution in [-0.4, -0.2) is 39.7 Å². The molecule has 35 heavy (non-hydrogen) atoms. The van der Waals surface area contributed by atoms with Gasteiger partial charge in [-0.05, 0) is 75.6 Å². The largest absolute Gasteiger partial charge is 0.480 e. The molecule has 2 unspecified atom stereocenters. The smallest absolute Gasteiger partial charge is 0.268 e. The van der Waals surface area contributed by atoms with E-state index in [0.717, 1.165) is 4.68 Å². The van der Waals surface area contributed by atoms with Crippen LogP contribution in [0, 0.1) is 5.82 Å². The molecule has 0 radical (unpaired) electrons. The molecule has 0 amide bonds. The Balaban J connectivity index is 2.16. The summed E-state index contributed by atoms with van der Waals surface area (Å²) in [6.07, 6.45) is -1.29. The Morgan fingerprint density at radius 1 is 1.14 bits per heavy atom. The Morgan fingerprint density at radius 3 is 2.37 bits per heavy atom. The van der Waals surface area contributed by atoms with Gasteiger partial charge in [0.2, 0.25) is 5.88 Å². The van der Waals surface area contributed by atoms with Gasteiger partial charge in [0.05, 0.1) is 18.3 Å². The lowest BCUT2D eigenvalue weighted by atomic mass is 9.98. The number of hydrogen-bond acceptors (Lipinski definition) is 6. The third-order valence-electron chi connectivity index (χ3n) is 5.24. The average molecular weight is 503 g/mol. The van der Waals surface area contributed by atoms with Crippen molar-refractivity contribution in [1.82, 2.24) is 9.78 Å². The SMILES string of the molecule is COc1nn(C(Cc2ccc(F)cc2)C(O)OC(C)(C)C)c(=O)cc1-c1cc(Cl)ccc1C(C)=O. The van der Waals surface area contributed by atoms with E-state index in [1.165, 1.54) is 32.2 Å². The molecule has 186 valence electrons. The molecule has 0 aliphatic rings. The minimum atomic E-state index is -1.42. The van der Waals surface area contributed by atoms with Crippen LogP contribution in [0.4, 0.5) is 4.39 Å². The first-order chi connectivity index (χ1) is 16.4. The summed E-state index contributed by atoms with van der Waals surface area (Å²) in [4.78, 5) is 25.5. The Morgan fingerprint density at radius 2 is 1.80 bits per heavy atom. The van der Waals surface area contributed by atoms with Gasteiger partial charge in [0.15, 0.2) is 12.1 Å². The summed E-state index contributed by atoms with van der Waals surface area (Å²) in [6, 6.07) is 10.8. The fourth-order valence-electron chi connectivity index (χ4n) is 3.69. The molecule has 2 atom stereocenters. The number of carbonyl (C=O) groups is 1. The molecule has 0 bridgehead atoms. The van der Waals surface area contributed by atoms with Crippen LogP contribution in [0.25, 0.3) is 11.1 Å². The Bertz CT molecular complexity index is 1270. The number of ether oxygens (including phenoxy) is 2. The number of hydrogen-bond donors (Lipinski definition) is 1. The van der Waals surface area contributed by atoms with Gasteiger partial charge in [-0.3, -0.25) is 9.59 Å². The van der Waals surface area contributed by atoms with E-state index < -0.39 is 29.3 Å². The van der Waals surface area contributed by atoms with Crippen LogP contribution in [0.1, 0.15) is 49.7 Å². The lowest BCUT2D eigenvalue weighted by Crippen LogP contribution is -2.40. The molecule has 7 nitrogen and oxygen atoms in total. The number of ketones is 1. The van der Waals surface area contributed by atoms with Crippen molar-refractivity contribution < 1.29 is 23.8 Å². The summed E-state index contributed by atoms with van der Waals surface area (Å²) in [5.41, 5.74) is 0.432. The summed E-state index contributed by atoms with van der Waals surface area (Å²) >= 11 is 6.16. The number of nitrogens with zero attached hydrogens (tertiary/aromatic N) is 2. The lowest BCUT2D eigenvalue weighted by Gasteiger charge is -2.30. The molecule has 0 saturated heterocycles. The Kier molecular flexibility index (Phi) is 8.10. The maximum atomic E-state index is 13.4. The van der Waals surface area contributed by atoms with Gasteiger partial charge in [-0.25, -0.2) is 9.07 Å². The molecule has 0 saturated carbocycles. The highest BCUT2D eigenvalue weighted by Crippen LogP contribution is 2.33. The maximum absolute atomic E-state index is 13.4. The first kappa shape index (κ1) is 26.5. The zero-order valence-corrected chi connectivity index (χ0v) is 21.0. The highest BCUT2D eigenvalue weighted by Gasteiger charge is 2.30. The third kappa shape index (κ3) is 6.54. The van der Waals surface area contributed by atoms with E-state index in [1.807, 2.05) is 0 Å². The van der Waals surface area contributed by atoms with Crippen molar-refractivity contribution in [3.63, 3.8) is 0 Å². The number of Topliss-reactive ketones (excluding diaryl/α,β-unsaturated/α-hetero) is 1. The van der Waals surface area contributed by atoms with Crippen molar-refractivity contribution >= 4 is 17.4 Å². The monoisotopic (exact) mass is 502 g/mol. The van der Waals surface area contributed by atoms with Gasteiger partial charge < -0.3 is 14.6 Å². The fraction of sp³-hybridized carbons (Fsp3) is 0.346. The van der Waals surface area contributed by atoms with E-state index >= 15 is 0 Å². The molecule has 3 rings (SSSR count). The number of aliphatic hydroxyl groups is 1. The molecule has 0 aliphatic carbocycles. The van der Waals surface area contributed by atoms with E-state index in [-0.39, 0.29) is 23.6 Å². The zero-order chi connectivity index (χ0) is 25.9. The lowest BCUT2D eigenvalue weighted by molar-refractivity contribution is -0.189. The predicted octanol–water partition coefficient (Wildman–Crippen LogP) is 4.83. The minimum Gasteiger partial charge on any atom is -0.480 e. The highest BCUT2D eigenvalue weighted by molar-refractivity contribution is 6.31. The van der Waals surface area contributed by atoms with Crippen LogP contribution in [0.5, 0.6) is 5.88 Å². The molecular weight excluding hydrogens is 475 g/mol. The third-order valence-corrected chi connectivity index (χ3v) is 5.48. The number of methoxy groups -OCH3 is 1. The van der Waals surface area contributed by atoms with E-state index in [9.17, 15) is 19.1 Å². The summed E-state index contributed by atoms with van der Waals surface area (Å²) in [7, 11) is 1.38. The van der Waals surface area contributed by atoms with Gasteiger partial charge in [-0.15, -0.1) is 5.10 Å². The van der Waals surface area contributed by atoms with E-state index in [0.29, 0.717) is 21.7 Å². The first-order valence-corrected chi connectivity index (χ1v) is 11.4. The molecule has 0 fully saturated rings. The molecule has 1 heterocycles. The summed E-state index contributed by atoms with van der Waals surface area (Å²) < 4.78 is 25.7. The molecule has 3 aromatic rings. The van der Waals surface area contributed by atoms with Gasteiger partial charge in [-0.1, -0.05) is 23.7 Å². The molecule has 1 aromatic heterocycles. The molecule has 0 spiro atoms. The molecular formula is C26H28ClFN2O5. The van der Waals surface area contributed by atoms with E-state index in [4.69, 9.17) is 21.1 Å². The van der Waals surface area contributed by atoms with Crippen LogP contribution in [0.2, 0.25) is 5.02 Å². The first-order valence-electron chi connectivity index (χ1n) is 11.0. The average Bonchev–Trinajstić information content (AvgIpc) is 2.77. The predicted molar refractivity (Wildman–Crippen MR) is 131 cm³/mol. The van der Waals surface area contributed by atoms with Gasteiger partial charge in [0, 0.05) is 16.7 Å². The summed E-state index contributed by atoms with van der Waals surface area (Å²) in [6.45, 7) is 6.72. The van der Waals surface area contributed by atoms with Crippen LogP contribution in [-0.2, 0) is 11.2 Å². The number of benzene rings is 2.